The van der Waals surface area contributed by atoms with E-state index in [1.165, 1.54) is 24.3 Å². The van der Waals surface area contributed by atoms with Crippen LogP contribution < -0.4 is 23.6 Å². The van der Waals surface area contributed by atoms with Crippen LogP contribution in [0, 0.1) is 0 Å². The van der Waals surface area contributed by atoms with Crippen LogP contribution in [0.3, 0.4) is 0 Å². The van der Waals surface area contributed by atoms with Crippen molar-refractivity contribution < 1.29 is 55.6 Å². The molecule has 0 aromatic heterocycles. The minimum absolute atomic E-state index is 0. The Labute approximate surface area is 114 Å². The van der Waals surface area contributed by atoms with E-state index in [4.69, 9.17) is 0 Å². The topological polar surface area (TPSA) is 69.7 Å². The third-order valence-electron chi connectivity index (χ3n) is 1.41. The van der Waals surface area contributed by atoms with Crippen molar-refractivity contribution >= 4 is 16.3 Å². The van der Waals surface area contributed by atoms with E-state index >= 15 is 0 Å². The van der Waals surface area contributed by atoms with Crippen LogP contribution in [0.5, 0.6) is 5.75 Å². The molecule has 0 aliphatic heterocycles. The number of rotatable bonds is 2. The van der Waals surface area contributed by atoms with E-state index < -0.39 is 21.8 Å². The van der Waals surface area contributed by atoms with Gasteiger partial charge in [-0.1, -0.05) is 18.2 Å². The molecule has 0 spiro atoms. The summed E-state index contributed by atoms with van der Waals surface area (Å²) in [7, 11) is -5.99. The van der Waals surface area contributed by atoms with Crippen LogP contribution in [0.4, 0.5) is 18.0 Å². The summed E-state index contributed by atoms with van der Waals surface area (Å²) in [5, 5.41) is 0. The molecule has 0 radical (unpaired) electrons. The van der Waals surface area contributed by atoms with Gasteiger partial charge in [0, 0.05) is 0 Å². The molecular formula is C8H6F3LiO5S. The Morgan fingerprint density at radius 2 is 1.67 bits per heavy atom. The Hall–Kier alpha value is -1.17. The summed E-state index contributed by atoms with van der Waals surface area (Å²) in [6.07, 6.45) is -1.98. The zero-order valence-corrected chi connectivity index (χ0v) is 9.79. The van der Waals surface area contributed by atoms with E-state index in [2.05, 4.69) is 8.92 Å². The molecule has 96 valence electrons. The van der Waals surface area contributed by atoms with E-state index in [0.29, 0.717) is 0 Å². The van der Waals surface area contributed by atoms with E-state index in [1.807, 2.05) is 0 Å². The predicted octanol–water partition coefficient (Wildman–Crippen LogP) is -0.832. The van der Waals surface area contributed by atoms with Gasteiger partial charge in [0.1, 0.15) is 5.75 Å². The summed E-state index contributed by atoms with van der Waals surface area (Å²) in [5.74, 6) is -0.144. The number of alkyl halides is 3. The molecule has 0 aliphatic carbocycles. The Kier molecular flexibility index (Phi) is 5.73. The van der Waals surface area contributed by atoms with Crippen LogP contribution in [0.15, 0.2) is 30.3 Å². The van der Waals surface area contributed by atoms with Gasteiger partial charge in [-0.3, -0.25) is 0 Å². The summed E-state index contributed by atoms with van der Waals surface area (Å²) in [6.45, 7) is 0. The molecule has 18 heavy (non-hydrogen) atoms. The van der Waals surface area contributed by atoms with Crippen molar-refractivity contribution in [3.05, 3.63) is 30.3 Å². The van der Waals surface area contributed by atoms with Crippen molar-refractivity contribution in [3.63, 3.8) is 0 Å². The van der Waals surface area contributed by atoms with Crippen molar-refractivity contribution in [2.45, 2.75) is 5.51 Å². The standard InChI is InChI=1S/C8H5F3O5S.Li.H/c9-8(10,11)17(13,14)16-7(12)15-6-4-2-1-3-5-6;;/h1-5H;;/q;+1;-1. The monoisotopic (exact) mass is 278 g/mol. The van der Waals surface area contributed by atoms with Crippen LogP contribution in [-0.4, -0.2) is 20.1 Å². The van der Waals surface area contributed by atoms with Gasteiger partial charge in [0.05, 0.1) is 0 Å². The number of halogens is 3. The fourth-order valence-electron chi connectivity index (χ4n) is 0.739. The van der Waals surface area contributed by atoms with Crippen LogP contribution in [0.2, 0.25) is 0 Å². The molecule has 10 heteroatoms. The first kappa shape index (κ1) is 16.8. The summed E-state index contributed by atoms with van der Waals surface area (Å²) in [6, 6.07) is 6.90. The molecule has 0 aliphatic rings. The maximum Gasteiger partial charge on any atom is 1.00 e. The molecular weight excluding hydrogens is 272 g/mol. The van der Waals surface area contributed by atoms with Crippen molar-refractivity contribution in [1.29, 1.82) is 0 Å². The maximum atomic E-state index is 11.8. The second-order valence-electron chi connectivity index (χ2n) is 2.65. The molecule has 0 atom stereocenters. The molecule has 0 fully saturated rings. The number of ether oxygens (including phenoxy) is 1. The molecule has 0 N–H and O–H groups in total. The first-order chi connectivity index (χ1) is 7.72. The number of benzene rings is 1. The summed E-state index contributed by atoms with van der Waals surface area (Å²) in [5.41, 5.74) is -5.68. The molecule has 1 aromatic rings. The Bertz CT molecular complexity index is 505. The quantitative estimate of drug-likeness (QED) is 0.232. The minimum Gasteiger partial charge on any atom is -1.00 e. The van der Waals surface area contributed by atoms with Gasteiger partial charge in [0.15, 0.2) is 0 Å². The number of carbonyl (C=O) groups is 1. The fourth-order valence-corrected chi connectivity index (χ4v) is 1.05. The van der Waals surface area contributed by atoms with Crippen LogP contribution in [0.25, 0.3) is 0 Å². The van der Waals surface area contributed by atoms with Crippen molar-refractivity contribution in [3.8, 4) is 5.75 Å². The van der Waals surface area contributed by atoms with Gasteiger partial charge in [-0.2, -0.15) is 21.6 Å². The zero-order chi connectivity index (χ0) is 13.1. The number of carbonyl (C=O) groups excluding carboxylic acids is 1. The third-order valence-corrected chi connectivity index (χ3v) is 2.33. The van der Waals surface area contributed by atoms with Crippen LogP contribution in [0.1, 0.15) is 1.43 Å². The predicted molar refractivity (Wildman–Crippen MR) is 49.6 cm³/mol. The molecule has 0 amide bonds. The second kappa shape index (κ2) is 6.13. The van der Waals surface area contributed by atoms with Crippen molar-refractivity contribution in [2.75, 3.05) is 0 Å². The Morgan fingerprint density at radius 1 is 1.17 bits per heavy atom. The van der Waals surface area contributed by atoms with Crippen molar-refractivity contribution in [1.82, 2.24) is 0 Å². The average molecular weight is 278 g/mol. The van der Waals surface area contributed by atoms with Gasteiger partial charge in [0.25, 0.3) is 0 Å². The molecule has 0 bridgehead atoms. The Morgan fingerprint density at radius 3 is 2.11 bits per heavy atom. The smallest absolute Gasteiger partial charge is 1.00 e. The minimum atomic E-state index is -5.99. The summed E-state index contributed by atoms with van der Waals surface area (Å²) < 4.78 is 63.6. The third kappa shape index (κ3) is 4.60. The van der Waals surface area contributed by atoms with E-state index in [0.717, 1.165) is 0 Å². The molecule has 0 unspecified atom stereocenters. The number of hydrogen-bond acceptors (Lipinski definition) is 5. The first-order valence-electron chi connectivity index (χ1n) is 4.00. The van der Waals surface area contributed by atoms with E-state index in [9.17, 15) is 26.4 Å². The molecule has 0 saturated heterocycles. The second-order valence-corrected chi connectivity index (χ2v) is 4.19. The molecule has 5 nitrogen and oxygen atoms in total. The zero-order valence-electron chi connectivity index (χ0n) is 9.97. The summed E-state index contributed by atoms with van der Waals surface area (Å²) >= 11 is 0. The maximum absolute atomic E-state index is 11.8. The van der Waals surface area contributed by atoms with Gasteiger partial charge in [0.2, 0.25) is 0 Å². The summed E-state index contributed by atoms with van der Waals surface area (Å²) in [4.78, 5) is 10.8. The first-order valence-corrected chi connectivity index (χ1v) is 5.41. The van der Waals surface area contributed by atoms with E-state index in [-0.39, 0.29) is 26.0 Å². The van der Waals surface area contributed by atoms with Crippen molar-refractivity contribution in [2.24, 2.45) is 0 Å². The molecule has 0 heterocycles. The van der Waals surface area contributed by atoms with Gasteiger partial charge in [-0.15, -0.1) is 0 Å². The SMILES string of the molecule is O=C(Oc1ccccc1)OS(=O)(=O)C(F)(F)F.[H-].[Li+]. The van der Waals surface area contributed by atoms with Gasteiger partial charge >= 0.3 is 40.6 Å². The van der Waals surface area contributed by atoms with Gasteiger partial charge in [-0.05, 0) is 12.1 Å². The number of hydrogen-bond donors (Lipinski definition) is 0. The van der Waals surface area contributed by atoms with E-state index in [1.54, 1.807) is 6.07 Å². The molecule has 1 aromatic carbocycles. The number of para-hydroxylation sites is 1. The fraction of sp³-hybridized carbons (Fsp3) is 0.125. The van der Waals surface area contributed by atoms with Gasteiger partial charge in [-0.25, -0.2) is 4.79 Å². The molecule has 0 saturated carbocycles. The van der Waals surface area contributed by atoms with Gasteiger partial charge < -0.3 is 10.3 Å². The largest absolute Gasteiger partial charge is 1.00 e. The normalized spacial score (nSPS) is 11.3. The Balaban J connectivity index is 0. The average Bonchev–Trinajstić information content (AvgIpc) is 2.16. The molecule has 1 rings (SSSR count). The van der Waals surface area contributed by atoms with Crippen LogP contribution in [-0.2, 0) is 14.3 Å². The van der Waals surface area contributed by atoms with Crippen LogP contribution >= 0.6 is 0 Å².